The van der Waals surface area contributed by atoms with E-state index in [4.69, 9.17) is 21.1 Å². The maximum atomic E-state index is 11.9. The maximum Gasteiger partial charge on any atom is 0.188 e. The smallest absolute Gasteiger partial charge is 0.188 e. The highest BCUT2D eigenvalue weighted by atomic mass is 35.5. The van der Waals surface area contributed by atoms with Crippen LogP contribution in [-0.2, 0) is 11.3 Å². The van der Waals surface area contributed by atoms with Gasteiger partial charge in [0.1, 0.15) is 12.4 Å². The van der Waals surface area contributed by atoms with Gasteiger partial charge in [0.2, 0.25) is 0 Å². The van der Waals surface area contributed by atoms with Crippen LogP contribution in [0.5, 0.6) is 5.75 Å². The first-order valence-electron chi connectivity index (χ1n) is 6.18. The Bertz CT molecular complexity index is 596. The molecule has 20 heavy (non-hydrogen) atoms. The van der Waals surface area contributed by atoms with E-state index in [9.17, 15) is 4.79 Å². The van der Waals surface area contributed by atoms with Crippen molar-refractivity contribution in [3.05, 3.63) is 64.7 Å². The summed E-state index contributed by atoms with van der Waals surface area (Å²) >= 11 is 5.85. The Morgan fingerprint density at radius 2 is 1.95 bits per heavy atom. The monoisotopic (exact) mass is 290 g/mol. The fourth-order valence-electron chi connectivity index (χ4n) is 1.77. The number of ketones is 1. The first kappa shape index (κ1) is 14.6. The Balaban J connectivity index is 1.88. The summed E-state index contributed by atoms with van der Waals surface area (Å²) in [7, 11) is 1.61. The molecule has 0 aliphatic heterocycles. The topological polar surface area (TPSA) is 35.5 Å². The highest BCUT2D eigenvalue weighted by Gasteiger charge is 2.06. The van der Waals surface area contributed by atoms with Gasteiger partial charge in [-0.2, -0.15) is 0 Å². The van der Waals surface area contributed by atoms with Crippen LogP contribution in [-0.4, -0.2) is 19.5 Å². The molecule has 0 aliphatic rings. The van der Waals surface area contributed by atoms with Gasteiger partial charge in [-0.15, -0.1) is 0 Å². The molecule has 0 aromatic heterocycles. The number of ether oxygens (including phenoxy) is 2. The van der Waals surface area contributed by atoms with Gasteiger partial charge in [-0.1, -0.05) is 35.9 Å². The Labute approximate surface area is 123 Å². The van der Waals surface area contributed by atoms with Gasteiger partial charge >= 0.3 is 0 Å². The highest BCUT2D eigenvalue weighted by molar-refractivity contribution is 6.31. The molecule has 0 spiro atoms. The lowest BCUT2D eigenvalue weighted by atomic mass is 10.1. The van der Waals surface area contributed by atoms with Crippen LogP contribution in [0.4, 0.5) is 0 Å². The number of carbonyl (C=O) groups is 1. The van der Waals surface area contributed by atoms with Gasteiger partial charge < -0.3 is 9.47 Å². The lowest BCUT2D eigenvalue weighted by Gasteiger charge is -2.06. The van der Waals surface area contributed by atoms with Gasteiger partial charge in [0.15, 0.2) is 5.78 Å². The Morgan fingerprint density at radius 1 is 1.15 bits per heavy atom. The second-order valence-corrected chi connectivity index (χ2v) is 4.71. The van der Waals surface area contributed by atoms with Gasteiger partial charge in [0.25, 0.3) is 0 Å². The first-order chi connectivity index (χ1) is 9.69. The second kappa shape index (κ2) is 7.08. The van der Waals surface area contributed by atoms with Crippen molar-refractivity contribution in [1.29, 1.82) is 0 Å². The largest absolute Gasteiger partial charge is 0.497 e. The number of benzene rings is 2. The van der Waals surface area contributed by atoms with Crippen molar-refractivity contribution in [2.45, 2.75) is 6.61 Å². The van der Waals surface area contributed by atoms with E-state index in [0.29, 0.717) is 17.2 Å². The lowest BCUT2D eigenvalue weighted by molar-refractivity contribution is 0.0726. The van der Waals surface area contributed by atoms with E-state index in [2.05, 4.69) is 0 Å². The van der Waals surface area contributed by atoms with Gasteiger partial charge in [0.05, 0.1) is 13.7 Å². The second-order valence-electron chi connectivity index (χ2n) is 4.28. The van der Waals surface area contributed by atoms with Crippen LogP contribution in [0.15, 0.2) is 48.5 Å². The summed E-state index contributed by atoms with van der Waals surface area (Å²) in [5.41, 5.74) is 1.52. The van der Waals surface area contributed by atoms with Crippen LogP contribution >= 0.6 is 11.6 Å². The third-order valence-corrected chi connectivity index (χ3v) is 3.02. The van der Waals surface area contributed by atoms with E-state index >= 15 is 0 Å². The SMILES string of the molecule is COc1cccc(COCC(=O)c2cccc(Cl)c2)c1. The quantitative estimate of drug-likeness (QED) is 0.760. The molecule has 0 N–H and O–H groups in total. The molecular formula is C16H15ClO3. The van der Waals surface area contributed by atoms with Crippen LogP contribution in [0.3, 0.4) is 0 Å². The van der Waals surface area contributed by atoms with Gasteiger partial charge in [-0.05, 0) is 29.8 Å². The number of carbonyl (C=O) groups excluding carboxylic acids is 1. The third kappa shape index (κ3) is 4.08. The van der Waals surface area contributed by atoms with E-state index in [1.54, 1.807) is 31.4 Å². The molecule has 0 saturated heterocycles. The van der Waals surface area contributed by atoms with Crippen molar-refractivity contribution in [1.82, 2.24) is 0 Å². The predicted molar refractivity (Wildman–Crippen MR) is 78.4 cm³/mol. The van der Waals surface area contributed by atoms with Crippen molar-refractivity contribution < 1.29 is 14.3 Å². The lowest BCUT2D eigenvalue weighted by Crippen LogP contribution is -2.09. The van der Waals surface area contributed by atoms with Crippen molar-refractivity contribution in [2.75, 3.05) is 13.7 Å². The summed E-state index contributed by atoms with van der Waals surface area (Å²) in [6, 6.07) is 14.4. The summed E-state index contributed by atoms with van der Waals surface area (Å²) in [5, 5.41) is 0.545. The number of hydrogen-bond acceptors (Lipinski definition) is 3. The molecule has 2 rings (SSSR count). The number of hydrogen-bond donors (Lipinski definition) is 0. The van der Waals surface area contributed by atoms with Crippen LogP contribution in [0.2, 0.25) is 5.02 Å². The van der Waals surface area contributed by atoms with Crippen molar-refractivity contribution in [3.63, 3.8) is 0 Å². The summed E-state index contributed by atoms with van der Waals surface area (Å²) in [4.78, 5) is 11.9. The predicted octanol–water partition coefficient (Wildman–Crippen LogP) is 3.75. The van der Waals surface area contributed by atoms with Crippen LogP contribution in [0.1, 0.15) is 15.9 Å². The Hall–Kier alpha value is -1.84. The molecule has 0 bridgehead atoms. The number of methoxy groups -OCH3 is 1. The van der Waals surface area contributed by atoms with E-state index in [1.165, 1.54) is 0 Å². The minimum Gasteiger partial charge on any atom is -0.497 e. The molecule has 4 heteroatoms. The molecule has 0 fully saturated rings. The number of halogens is 1. The van der Waals surface area contributed by atoms with Gasteiger partial charge in [-0.25, -0.2) is 0 Å². The summed E-state index contributed by atoms with van der Waals surface area (Å²) in [6.07, 6.45) is 0. The number of rotatable bonds is 6. The molecule has 0 amide bonds. The van der Waals surface area contributed by atoms with Crippen molar-refractivity contribution >= 4 is 17.4 Å². The normalized spacial score (nSPS) is 10.3. The zero-order valence-electron chi connectivity index (χ0n) is 11.1. The summed E-state index contributed by atoms with van der Waals surface area (Å²) in [6.45, 7) is 0.390. The van der Waals surface area contributed by atoms with Gasteiger partial charge in [-0.3, -0.25) is 4.79 Å². The average Bonchev–Trinajstić information content (AvgIpc) is 2.47. The number of Topliss-reactive ketones (excluding diaryl/α,β-unsaturated/α-hetero) is 1. The van der Waals surface area contributed by atoms with E-state index in [-0.39, 0.29) is 12.4 Å². The molecule has 3 nitrogen and oxygen atoms in total. The summed E-state index contributed by atoms with van der Waals surface area (Å²) in [5.74, 6) is 0.683. The van der Waals surface area contributed by atoms with Crippen LogP contribution < -0.4 is 4.74 Å². The zero-order chi connectivity index (χ0) is 14.4. The zero-order valence-corrected chi connectivity index (χ0v) is 11.9. The molecule has 0 aliphatic carbocycles. The Morgan fingerprint density at radius 3 is 2.70 bits per heavy atom. The fraction of sp³-hybridized carbons (Fsp3) is 0.188. The van der Waals surface area contributed by atoms with E-state index < -0.39 is 0 Å². The molecule has 0 saturated carbocycles. The van der Waals surface area contributed by atoms with E-state index in [1.807, 2.05) is 24.3 Å². The minimum absolute atomic E-state index is 0.0253. The Kier molecular flexibility index (Phi) is 5.16. The molecule has 104 valence electrons. The molecule has 0 radical (unpaired) electrons. The molecule has 0 heterocycles. The van der Waals surface area contributed by atoms with Crippen LogP contribution in [0, 0.1) is 0 Å². The third-order valence-electron chi connectivity index (χ3n) is 2.78. The van der Waals surface area contributed by atoms with Crippen molar-refractivity contribution in [2.24, 2.45) is 0 Å². The fourth-order valence-corrected chi connectivity index (χ4v) is 1.96. The molecule has 0 unspecified atom stereocenters. The molecule has 2 aromatic rings. The van der Waals surface area contributed by atoms with Crippen LogP contribution in [0.25, 0.3) is 0 Å². The van der Waals surface area contributed by atoms with Gasteiger partial charge in [0, 0.05) is 10.6 Å². The first-order valence-corrected chi connectivity index (χ1v) is 6.56. The van der Waals surface area contributed by atoms with Crippen molar-refractivity contribution in [3.8, 4) is 5.75 Å². The molecule has 2 aromatic carbocycles. The molecule has 0 atom stereocenters. The minimum atomic E-state index is -0.0876. The average molecular weight is 291 g/mol. The highest BCUT2D eigenvalue weighted by Crippen LogP contribution is 2.14. The van der Waals surface area contributed by atoms with E-state index in [0.717, 1.165) is 11.3 Å². The maximum absolute atomic E-state index is 11.9. The standard InChI is InChI=1S/C16H15ClO3/c1-19-15-7-2-4-12(8-15)10-20-11-16(18)13-5-3-6-14(17)9-13/h2-9H,10-11H2,1H3. The molecular weight excluding hydrogens is 276 g/mol. The summed E-state index contributed by atoms with van der Waals surface area (Å²) < 4.78 is 10.6.